The summed E-state index contributed by atoms with van der Waals surface area (Å²) in [5, 5.41) is 0. The minimum atomic E-state index is -0.143. The molecule has 0 amide bonds. The highest BCUT2D eigenvalue weighted by molar-refractivity contribution is 9.10. The molecule has 1 aromatic carbocycles. The maximum absolute atomic E-state index is 13.0. The third kappa shape index (κ3) is 3.56. The van der Waals surface area contributed by atoms with E-state index in [1.54, 1.807) is 12.1 Å². The molecule has 0 heterocycles. The molecule has 0 N–H and O–H groups in total. The number of benzene rings is 1. The van der Waals surface area contributed by atoms with E-state index >= 15 is 0 Å². The van der Waals surface area contributed by atoms with Gasteiger partial charge >= 0.3 is 0 Å². The Labute approximate surface area is 113 Å². The van der Waals surface area contributed by atoms with Gasteiger partial charge in [-0.25, -0.2) is 4.39 Å². The van der Waals surface area contributed by atoms with E-state index in [1.807, 2.05) is 0 Å². The second-order valence-electron chi connectivity index (χ2n) is 4.48. The zero-order chi connectivity index (χ0) is 11.5. The molecule has 3 heteroatoms. The van der Waals surface area contributed by atoms with E-state index in [0.29, 0.717) is 4.83 Å². The molecule has 2 rings (SSSR count). The average molecular weight is 350 g/mol. The number of halogens is 3. The summed E-state index contributed by atoms with van der Waals surface area (Å²) in [6.45, 7) is 0. The Bertz CT molecular complexity index is 361. The van der Waals surface area contributed by atoms with Gasteiger partial charge in [0.15, 0.2) is 0 Å². The zero-order valence-corrected chi connectivity index (χ0v) is 12.2. The van der Waals surface area contributed by atoms with Crippen LogP contribution in [-0.2, 0) is 6.42 Å². The normalized spacial score (nSPS) is 17.4. The van der Waals surface area contributed by atoms with Gasteiger partial charge in [0.25, 0.3) is 0 Å². The lowest BCUT2D eigenvalue weighted by molar-refractivity contribution is 0.619. The summed E-state index contributed by atoms with van der Waals surface area (Å²) in [4.78, 5) is 0.667. The van der Waals surface area contributed by atoms with Crippen molar-refractivity contribution in [3.8, 4) is 0 Å². The third-order valence-electron chi connectivity index (χ3n) is 3.07. The fraction of sp³-hybridized carbons (Fsp3) is 0.538. The molecule has 0 aliphatic heterocycles. The van der Waals surface area contributed by atoms with Crippen LogP contribution >= 0.6 is 31.9 Å². The summed E-state index contributed by atoms with van der Waals surface area (Å²) < 4.78 is 14.1. The predicted octanol–water partition coefficient (Wildman–Crippen LogP) is 5.08. The summed E-state index contributed by atoms with van der Waals surface area (Å²) in [6.07, 6.45) is 6.01. The van der Waals surface area contributed by atoms with Crippen molar-refractivity contribution >= 4 is 31.9 Å². The van der Waals surface area contributed by atoms with Crippen LogP contribution in [0.1, 0.15) is 31.2 Å². The highest BCUT2D eigenvalue weighted by Crippen LogP contribution is 2.38. The molecule has 1 atom stereocenters. The summed E-state index contributed by atoms with van der Waals surface area (Å²) >= 11 is 7.19. The van der Waals surface area contributed by atoms with Gasteiger partial charge in [0.2, 0.25) is 0 Å². The number of alkyl halides is 1. The molecule has 0 bridgehead atoms. The summed E-state index contributed by atoms with van der Waals surface area (Å²) in [7, 11) is 0. The first kappa shape index (κ1) is 12.6. The Kier molecular flexibility index (Phi) is 4.42. The Hall–Kier alpha value is 0.110. The highest BCUT2D eigenvalue weighted by atomic mass is 79.9. The highest BCUT2D eigenvalue weighted by Gasteiger charge is 2.28. The molecule has 0 aromatic heterocycles. The van der Waals surface area contributed by atoms with E-state index in [-0.39, 0.29) is 5.82 Å². The minimum Gasteiger partial charge on any atom is -0.207 e. The Morgan fingerprint density at radius 3 is 2.81 bits per heavy atom. The van der Waals surface area contributed by atoms with E-state index in [0.717, 1.165) is 28.8 Å². The quantitative estimate of drug-likeness (QED) is 0.650. The van der Waals surface area contributed by atoms with Crippen molar-refractivity contribution in [1.29, 1.82) is 0 Å². The molecule has 0 saturated heterocycles. The molecular weight excluding hydrogens is 335 g/mol. The van der Waals surface area contributed by atoms with Crippen LogP contribution in [0.3, 0.4) is 0 Å². The number of hydrogen-bond acceptors (Lipinski definition) is 0. The topological polar surface area (TPSA) is 0 Å². The lowest BCUT2D eigenvalue weighted by Gasteiger charge is -2.08. The largest absolute Gasteiger partial charge is 0.207 e. The van der Waals surface area contributed by atoms with Crippen molar-refractivity contribution in [2.45, 2.75) is 36.9 Å². The maximum Gasteiger partial charge on any atom is 0.123 e. The molecule has 1 aliphatic carbocycles. The molecule has 0 spiro atoms. The molecule has 0 nitrogen and oxygen atoms in total. The predicted molar refractivity (Wildman–Crippen MR) is 72.5 cm³/mol. The standard InChI is InChI=1S/C13H15Br2F/c14-12(9-4-5-9)3-1-2-10-8-11(16)6-7-13(10)15/h6-9,12H,1-5H2. The van der Waals surface area contributed by atoms with Gasteiger partial charge in [-0.1, -0.05) is 31.9 Å². The summed E-state index contributed by atoms with van der Waals surface area (Å²) in [6, 6.07) is 4.91. The summed E-state index contributed by atoms with van der Waals surface area (Å²) in [5.41, 5.74) is 1.08. The van der Waals surface area contributed by atoms with Crippen LogP contribution < -0.4 is 0 Å². The smallest absolute Gasteiger partial charge is 0.123 e. The minimum absolute atomic E-state index is 0.143. The second kappa shape index (κ2) is 5.63. The average Bonchev–Trinajstić information content (AvgIpc) is 3.06. The van der Waals surface area contributed by atoms with Crippen molar-refractivity contribution < 1.29 is 4.39 Å². The van der Waals surface area contributed by atoms with Crippen molar-refractivity contribution in [1.82, 2.24) is 0 Å². The van der Waals surface area contributed by atoms with Gasteiger partial charge in [0.05, 0.1) is 0 Å². The first-order valence-electron chi connectivity index (χ1n) is 5.75. The van der Waals surface area contributed by atoms with Gasteiger partial charge in [0, 0.05) is 9.30 Å². The molecule has 88 valence electrons. The van der Waals surface area contributed by atoms with E-state index in [9.17, 15) is 4.39 Å². The monoisotopic (exact) mass is 348 g/mol. The van der Waals surface area contributed by atoms with Gasteiger partial charge < -0.3 is 0 Å². The summed E-state index contributed by atoms with van der Waals surface area (Å²) in [5.74, 6) is 0.756. The van der Waals surface area contributed by atoms with Crippen molar-refractivity contribution in [2.75, 3.05) is 0 Å². The van der Waals surface area contributed by atoms with Crippen LogP contribution in [0, 0.1) is 11.7 Å². The molecule has 1 saturated carbocycles. The number of hydrogen-bond donors (Lipinski definition) is 0. The van der Waals surface area contributed by atoms with E-state index < -0.39 is 0 Å². The van der Waals surface area contributed by atoms with Crippen molar-refractivity contribution in [3.63, 3.8) is 0 Å². The van der Waals surface area contributed by atoms with Crippen LogP contribution in [0.2, 0.25) is 0 Å². The van der Waals surface area contributed by atoms with Crippen LogP contribution in [0.25, 0.3) is 0 Å². The molecule has 1 aromatic rings. The lowest BCUT2D eigenvalue weighted by Crippen LogP contribution is -2.01. The van der Waals surface area contributed by atoms with Gasteiger partial charge in [-0.05, 0) is 61.8 Å². The van der Waals surface area contributed by atoms with Gasteiger partial charge in [-0.2, -0.15) is 0 Å². The van der Waals surface area contributed by atoms with Crippen LogP contribution in [0.15, 0.2) is 22.7 Å². The van der Waals surface area contributed by atoms with E-state index in [2.05, 4.69) is 31.9 Å². The first-order valence-corrected chi connectivity index (χ1v) is 7.45. The number of aryl methyl sites for hydroxylation is 1. The van der Waals surface area contributed by atoms with Gasteiger partial charge in [-0.15, -0.1) is 0 Å². The zero-order valence-electron chi connectivity index (χ0n) is 9.06. The first-order chi connectivity index (χ1) is 7.66. The third-order valence-corrected chi connectivity index (χ3v) is 5.05. The maximum atomic E-state index is 13.0. The Morgan fingerprint density at radius 1 is 1.38 bits per heavy atom. The fourth-order valence-electron chi connectivity index (χ4n) is 1.92. The van der Waals surface area contributed by atoms with Crippen LogP contribution in [0.5, 0.6) is 0 Å². The van der Waals surface area contributed by atoms with Crippen LogP contribution in [-0.4, -0.2) is 4.83 Å². The number of rotatable bonds is 5. The molecule has 1 fully saturated rings. The second-order valence-corrected chi connectivity index (χ2v) is 6.51. The molecule has 1 aliphatic rings. The lowest BCUT2D eigenvalue weighted by atomic mass is 10.1. The van der Waals surface area contributed by atoms with Crippen molar-refractivity contribution in [2.24, 2.45) is 5.92 Å². The molecule has 1 unspecified atom stereocenters. The van der Waals surface area contributed by atoms with Crippen LogP contribution in [0.4, 0.5) is 4.39 Å². The molecule has 16 heavy (non-hydrogen) atoms. The van der Waals surface area contributed by atoms with Gasteiger partial charge in [0.1, 0.15) is 5.82 Å². The van der Waals surface area contributed by atoms with E-state index in [4.69, 9.17) is 0 Å². The Morgan fingerprint density at radius 2 is 2.12 bits per heavy atom. The van der Waals surface area contributed by atoms with Gasteiger partial charge in [-0.3, -0.25) is 0 Å². The Balaban J connectivity index is 1.81. The fourth-order valence-corrected chi connectivity index (χ4v) is 3.21. The molecular formula is C13H15Br2F. The SMILES string of the molecule is Fc1ccc(Br)c(CCCC(Br)C2CC2)c1. The van der Waals surface area contributed by atoms with Crippen molar-refractivity contribution in [3.05, 3.63) is 34.1 Å². The van der Waals surface area contributed by atoms with E-state index in [1.165, 1.54) is 25.3 Å². The molecule has 0 radical (unpaired) electrons.